The predicted octanol–water partition coefficient (Wildman–Crippen LogP) is 1.69. The van der Waals surface area contributed by atoms with E-state index in [2.05, 4.69) is 20.9 Å². The first-order valence-corrected chi connectivity index (χ1v) is 4.18. The molecule has 0 unspecified atom stereocenters. The van der Waals surface area contributed by atoms with Crippen LogP contribution in [0.3, 0.4) is 0 Å². The van der Waals surface area contributed by atoms with Gasteiger partial charge in [-0.25, -0.2) is 4.79 Å². The maximum atomic E-state index is 11.2. The van der Waals surface area contributed by atoms with Gasteiger partial charge in [0.2, 0.25) is 0 Å². The van der Waals surface area contributed by atoms with Crippen LogP contribution in [0.4, 0.5) is 0 Å². The Balaban J connectivity index is 3.25. The van der Waals surface area contributed by atoms with Crippen LogP contribution in [0, 0.1) is 0 Å². The fourth-order valence-electron chi connectivity index (χ4n) is 0.865. The highest BCUT2D eigenvalue weighted by atomic mass is 79.9. The molecule has 1 rings (SSSR count). The third-order valence-electron chi connectivity index (χ3n) is 1.41. The molecule has 4 heteroatoms. The molecule has 0 amide bonds. The molecular weight excluding hydrogens is 208 g/mol. The average molecular weight is 219 g/mol. The largest absolute Gasteiger partial charge is 0.326 e. The van der Waals surface area contributed by atoms with Gasteiger partial charge in [0.1, 0.15) is 4.60 Å². The van der Waals surface area contributed by atoms with Gasteiger partial charge in [0, 0.05) is 11.7 Å². The monoisotopic (exact) mass is 218 g/mol. The fourth-order valence-corrected chi connectivity index (χ4v) is 1.24. The number of nitrogens with zero attached hydrogens (tertiary/aromatic N) is 1. The van der Waals surface area contributed by atoms with E-state index in [-0.39, 0.29) is 11.2 Å². The molecule has 11 heavy (non-hydrogen) atoms. The molecule has 1 aromatic rings. The van der Waals surface area contributed by atoms with Crippen molar-refractivity contribution in [1.29, 1.82) is 0 Å². The summed E-state index contributed by atoms with van der Waals surface area (Å²) in [6.07, 6.45) is 1.75. The number of aromatic nitrogens is 2. The summed E-state index contributed by atoms with van der Waals surface area (Å²) in [4.78, 5) is 13.8. The number of H-pyrrole nitrogens is 1. The van der Waals surface area contributed by atoms with Crippen LogP contribution >= 0.6 is 15.9 Å². The Morgan fingerprint density at radius 3 is 2.27 bits per heavy atom. The minimum absolute atomic E-state index is 0.0793. The van der Waals surface area contributed by atoms with Crippen molar-refractivity contribution in [3.8, 4) is 0 Å². The molecule has 0 saturated carbocycles. The van der Waals surface area contributed by atoms with Gasteiger partial charge in [-0.1, -0.05) is 0 Å². The fraction of sp³-hybridized carbons (Fsp3) is 0.571. The van der Waals surface area contributed by atoms with Gasteiger partial charge in [0.25, 0.3) is 0 Å². The number of hydrogen-bond acceptors (Lipinski definition) is 1. The van der Waals surface area contributed by atoms with Crippen molar-refractivity contribution in [3.05, 3.63) is 21.3 Å². The van der Waals surface area contributed by atoms with Gasteiger partial charge in [0.15, 0.2) is 0 Å². The molecule has 0 atom stereocenters. The van der Waals surface area contributed by atoms with Gasteiger partial charge in [-0.2, -0.15) is 0 Å². The molecule has 0 radical (unpaired) electrons. The minimum Gasteiger partial charge on any atom is -0.300 e. The standard InChI is InChI=1S/C7H11BrN2O/c1-7(2,3)10-4-5(8)9-6(10)11/h4H,1-3H3,(H,9,11). The van der Waals surface area contributed by atoms with E-state index in [0.717, 1.165) is 4.60 Å². The van der Waals surface area contributed by atoms with Gasteiger partial charge < -0.3 is 4.98 Å². The van der Waals surface area contributed by atoms with E-state index in [1.807, 2.05) is 20.8 Å². The second-order valence-electron chi connectivity index (χ2n) is 3.45. The third-order valence-corrected chi connectivity index (χ3v) is 1.81. The zero-order valence-corrected chi connectivity index (χ0v) is 8.40. The van der Waals surface area contributed by atoms with Crippen LogP contribution < -0.4 is 5.69 Å². The zero-order chi connectivity index (χ0) is 8.65. The molecule has 3 nitrogen and oxygen atoms in total. The summed E-state index contributed by atoms with van der Waals surface area (Å²) in [5, 5.41) is 0. The highest BCUT2D eigenvalue weighted by Crippen LogP contribution is 2.12. The van der Waals surface area contributed by atoms with E-state index in [0.29, 0.717) is 0 Å². The van der Waals surface area contributed by atoms with Crippen LogP contribution in [0.2, 0.25) is 0 Å². The van der Waals surface area contributed by atoms with Gasteiger partial charge in [-0.15, -0.1) is 0 Å². The van der Waals surface area contributed by atoms with Gasteiger partial charge in [-0.3, -0.25) is 4.57 Å². The average Bonchev–Trinajstić information content (AvgIpc) is 2.08. The number of rotatable bonds is 0. The zero-order valence-electron chi connectivity index (χ0n) is 6.81. The lowest BCUT2D eigenvalue weighted by Gasteiger charge is -2.18. The van der Waals surface area contributed by atoms with E-state index in [9.17, 15) is 4.79 Å². The van der Waals surface area contributed by atoms with Crippen LogP contribution in [-0.2, 0) is 5.54 Å². The van der Waals surface area contributed by atoms with Crippen LogP contribution in [0.15, 0.2) is 15.6 Å². The van der Waals surface area contributed by atoms with Crippen molar-refractivity contribution in [2.75, 3.05) is 0 Å². The smallest absolute Gasteiger partial charge is 0.300 e. The van der Waals surface area contributed by atoms with Crippen molar-refractivity contribution in [1.82, 2.24) is 9.55 Å². The summed E-state index contributed by atoms with van der Waals surface area (Å²) in [7, 11) is 0. The molecule has 0 aromatic carbocycles. The van der Waals surface area contributed by atoms with Crippen LogP contribution in [0.1, 0.15) is 20.8 Å². The first kappa shape index (κ1) is 8.59. The maximum Gasteiger partial charge on any atom is 0.326 e. The Morgan fingerprint density at radius 2 is 2.09 bits per heavy atom. The maximum absolute atomic E-state index is 11.2. The Labute approximate surface area is 73.6 Å². The lowest BCUT2D eigenvalue weighted by Crippen LogP contribution is -2.31. The van der Waals surface area contributed by atoms with Crippen molar-refractivity contribution < 1.29 is 0 Å². The number of aromatic amines is 1. The van der Waals surface area contributed by atoms with E-state index in [1.165, 1.54) is 0 Å². The minimum atomic E-state index is -0.153. The van der Waals surface area contributed by atoms with E-state index in [4.69, 9.17) is 0 Å². The van der Waals surface area contributed by atoms with Gasteiger partial charge in [0.05, 0.1) is 0 Å². The molecule has 0 aliphatic rings. The Bertz CT molecular complexity index is 305. The molecule has 1 heterocycles. The SMILES string of the molecule is CC(C)(C)n1cc(Br)[nH]c1=O. The highest BCUT2D eigenvalue weighted by molar-refractivity contribution is 9.10. The van der Waals surface area contributed by atoms with Gasteiger partial charge in [-0.05, 0) is 36.7 Å². The van der Waals surface area contributed by atoms with E-state index >= 15 is 0 Å². The molecule has 1 aromatic heterocycles. The molecule has 62 valence electrons. The molecule has 0 spiro atoms. The molecule has 0 bridgehead atoms. The van der Waals surface area contributed by atoms with Gasteiger partial charge >= 0.3 is 5.69 Å². The first-order chi connectivity index (χ1) is 4.91. The summed E-state index contributed by atoms with van der Waals surface area (Å²) in [5.41, 5.74) is -0.232. The Morgan fingerprint density at radius 1 is 1.55 bits per heavy atom. The second-order valence-corrected chi connectivity index (χ2v) is 4.30. The molecule has 0 aliphatic carbocycles. The van der Waals surface area contributed by atoms with Crippen LogP contribution in [0.5, 0.6) is 0 Å². The summed E-state index contributed by atoms with van der Waals surface area (Å²) >= 11 is 3.20. The second kappa shape index (κ2) is 2.52. The molecular formula is C7H11BrN2O. The molecule has 1 N–H and O–H groups in total. The Kier molecular flexibility index (Phi) is 1.96. The molecule has 0 fully saturated rings. The van der Waals surface area contributed by atoms with E-state index in [1.54, 1.807) is 10.8 Å². The van der Waals surface area contributed by atoms with Crippen molar-refractivity contribution in [2.24, 2.45) is 0 Å². The summed E-state index contributed by atoms with van der Waals surface area (Å²) in [5.74, 6) is 0. The first-order valence-electron chi connectivity index (χ1n) is 3.39. The van der Waals surface area contributed by atoms with Crippen molar-refractivity contribution in [3.63, 3.8) is 0 Å². The summed E-state index contributed by atoms with van der Waals surface area (Å²) in [6.45, 7) is 5.94. The number of halogens is 1. The highest BCUT2D eigenvalue weighted by Gasteiger charge is 2.15. The van der Waals surface area contributed by atoms with Crippen LogP contribution in [-0.4, -0.2) is 9.55 Å². The Hall–Kier alpha value is -0.510. The van der Waals surface area contributed by atoms with Crippen LogP contribution in [0.25, 0.3) is 0 Å². The molecule has 0 saturated heterocycles. The summed E-state index contributed by atoms with van der Waals surface area (Å²) in [6, 6.07) is 0. The molecule has 0 aliphatic heterocycles. The number of imidazole rings is 1. The quantitative estimate of drug-likeness (QED) is 0.708. The van der Waals surface area contributed by atoms with Crippen molar-refractivity contribution in [2.45, 2.75) is 26.3 Å². The predicted molar refractivity (Wildman–Crippen MR) is 47.7 cm³/mol. The van der Waals surface area contributed by atoms with E-state index < -0.39 is 0 Å². The topological polar surface area (TPSA) is 37.8 Å². The lowest BCUT2D eigenvalue weighted by molar-refractivity contribution is 0.385. The third kappa shape index (κ3) is 1.74. The number of hydrogen-bond donors (Lipinski definition) is 1. The van der Waals surface area contributed by atoms with Crippen molar-refractivity contribution >= 4 is 15.9 Å². The lowest BCUT2D eigenvalue weighted by atomic mass is 10.1. The number of nitrogens with one attached hydrogen (secondary N) is 1. The normalized spacial score (nSPS) is 12.0. The summed E-state index contributed by atoms with van der Waals surface area (Å²) < 4.78 is 2.37.